The molecule has 1 atom stereocenters. The minimum Gasteiger partial charge on any atom is -0.479 e. The number of benzene rings is 2. The van der Waals surface area contributed by atoms with Crippen LogP contribution < -0.4 is 4.74 Å². The van der Waals surface area contributed by atoms with Crippen LogP contribution in [0.4, 0.5) is 0 Å². The number of para-hydroxylation sites is 1. The smallest absolute Gasteiger partial charge is 0.344 e. The van der Waals surface area contributed by atoms with Crippen LogP contribution in [0.15, 0.2) is 65.4 Å². The summed E-state index contributed by atoms with van der Waals surface area (Å²) in [4.78, 5) is 16.4. The first-order chi connectivity index (χ1) is 14.2. The summed E-state index contributed by atoms with van der Waals surface area (Å²) in [6.07, 6.45) is 1.37. The minimum atomic E-state index is -0.936. The number of ether oxygens (including phenoxy) is 1. The van der Waals surface area contributed by atoms with Gasteiger partial charge in [-0.05, 0) is 48.6 Å². The molecule has 1 unspecified atom stereocenters. The highest BCUT2D eigenvalue weighted by molar-refractivity contribution is 7.08. The second-order valence-electron chi connectivity index (χ2n) is 6.86. The molecule has 0 aliphatic rings. The van der Waals surface area contributed by atoms with Gasteiger partial charge < -0.3 is 9.84 Å². The summed E-state index contributed by atoms with van der Waals surface area (Å²) in [6, 6.07) is 17.6. The maximum Gasteiger partial charge on any atom is 0.344 e. The molecular weight excluding hydrogens is 384 g/mol. The summed E-state index contributed by atoms with van der Waals surface area (Å²) in [5, 5.41) is 13.6. The maximum absolute atomic E-state index is 11.6. The van der Waals surface area contributed by atoms with Crippen molar-refractivity contribution in [3.63, 3.8) is 0 Å². The predicted octanol–water partition coefficient (Wildman–Crippen LogP) is 5.78. The number of thiophene rings is 1. The third-order valence-corrected chi connectivity index (χ3v) is 5.48. The van der Waals surface area contributed by atoms with E-state index in [4.69, 9.17) is 9.72 Å². The largest absolute Gasteiger partial charge is 0.479 e. The molecule has 0 spiro atoms. The van der Waals surface area contributed by atoms with Gasteiger partial charge in [0.25, 0.3) is 0 Å². The lowest BCUT2D eigenvalue weighted by molar-refractivity contribution is -0.145. The monoisotopic (exact) mass is 406 g/mol. The molecule has 0 bridgehead atoms. The molecule has 1 N–H and O–H groups in total. The topological polar surface area (TPSA) is 64.4 Å². The van der Waals surface area contributed by atoms with Crippen molar-refractivity contribution in [1.82, 2.24) is 9.55 Å². The minimum absolute atomic E-state index is 0.488. The first-order valence-corrected chi connectivity index (χ1v) is 10.6. The summed E-state index contributed by atoms with van der Waals surface area (Å²) in [5.74, 6) is 0.453. The zero-order valence-electron chi connectivity index (χ0n) is 16.1. The average molecular weight is 407 g/mol. The molecule has 148 valence electrons. The molecule has 2 aromatic heterocycles. The Morgan fingerprint density at radius 1 is 1.21 bits per heavy atom. The molecule has 4 aromatic rings. The van der Waals surface area contributed by atoms with Crippen molar-refractivity contribution < 1.29 is 14.6 Å². The lowest BCUT2D eigenvalue weighted by atomic mass is 10.1. The van der Waals surface area contributed by atoms with Crippen LogP contribution in [0.3, 0.4) is 0 Å². The molecule has 5 nitrogen and oxygen atoms in total. The summed E-state index contributed by atoms with van der Waals surface area (Å²) >= 11 is 1.63. The van der Waals surface area contributed by atoms with Gasteiger partial charge in [-0.25, -0.2) is 9.78 Å². The number of carboxylic acids is 1. The van der Waals surface area contributed by atoms with Gasteiger partial charge in [0, 0.05) is 22.7 Å². The third kappa shape index (κ3) is 4.03. The molecule has 29 heavy (non-hydrogen) atoms. The molecular formula is C23H22N2O3S. The Balaban J connectivity index is 1.80. The highest BCUT2D eigenvalue weighted by Gasteiger charge is 2.20. The van der Waals surface area contributed by atoms with Crippen LogP contribution in [0.1, 0.15) is 26.2 Å². The Hall–Kier alpha value is -3.12. The van der Waals surface area contributed by atoms with Crippen molar-refractivity contribution in [2.24, 2.45) is 0 Å². The summed E-state index contributed by atoms with van der Waals surface area (Å²) in [7, 11) is 0. The number of hydrogen-bond acceptors (Lipinski definition) is 4. The quantitative estimate of drug-likeness (QED) is 0.403. The molecule has 0 saturated heterocycles. The SMILES string of the molecule is CCCCC(Oc1ccc2nc(-c3ccsc3)n(-c3ccccc3)c2c1)C(=O)O. The number of fused-ring (bicyclic) bond motifs is 1. The van der Waals surface area contributed by atoms with Gasteiger partial charge in [-0.2, -0.15) is 11.3 Å². The van der Waals surface area contributed by atoms with E-state index in [1.54, 1.807) is 17.4 Å². The van der Waals surface area contributed by atoms with E-state index in [0.29, 0.717) is 12.2 Å². The molecule has 2 aromatic carbocycles. The van der Waals surface area contributed by atoms with Crippen LogP contribution in [-0.4, -0.2) is 26.7 Å². The zero-order chi connectivity index (χ0) is 20.2. The van der Waals surface area contributed by atoms with Crippen molar-refractivity contribution in [1.29, 1.82) is 0 Å². The number of carboxylic acid groups (broad SMARTS) is 1. The number of rotatable bonds is 8. The van der Waals surface area contributed by atoms with Crippen molar-refractivity contribution in [3.8, 4) is 22.8 Å². The van der Waals surface area contributed by atoms with E-state index in [1.165, 1.54) is 0 Å². The van der Waals surface area contributed by atoms with E-state index < -0.39 is 12.1 Å². The number of aliphatic carboxylic acids is 1. The molecule has 0 amide bonds. The van der Waals surface area contributed by atoms with Crippen molar-refractivity contribution in [2.45, 2.75) is 32.3 Å². The Morgan fingerprint density at radius 3 is 2.72 bits per heavy atom. The molecule has 0 radical (unpaired) electrons. The number of hydrogen-bond donors (Lipinski definition) is 1. The molecule has 4 rings (SSSR count). The number of carbonyl (C=O) groups is 1. The van der Waals surface area contributed by atoms with E-state index in [2.05, 4.69) is 9.95 Å². The fourth-order valence-corrected chi connectivity index (χ4v) is 3.97. The van der Waals surface area contributed by atoms with E-state index in [1.807, 2.05) is 60.8 Å². The van der Waals surface area contributed by atoms with E-state index >= 15 is 0 Å². The predicted molar refractivity (Wildman–Crippen MR) is 116 cm³/mol. The van der Waals surface area contributed by atoms with Gasteiger partial charge in [-0.1, -0.05) is 31.5 Å². The first-order valence-electron chi connectivity index (χ1n) is 9.67. The van der Waals surface area contributed by atoms with Crippen LogP contribution in [0.2, 0.25) is 0 Å². The summed E-state index contributed by atoms with van der Waals surface area (Å²) in [6.45, 7) is 2.04. The fraction of sp³-hybridized carbons (Fsp3) is 0.217. The Kier molecular flexibility index (Phi) is 5.62. The second kappa shape index (κ2) is 8.49. The number of aromatic nitrogens is 2. The second-order valence-corrected chi connectivity index (χ2v) is 7.64. The van der Waals surface area contributed by atoms with E-state index in [9.17, 15) is 9.90 Å². The highest BCUT2D eigenvalue weighted by Crippen LogP contribution is 2.32. The molecule has 0 aliphatic carbocycles. The zero-order valence-corrected chi connectivity index (χ0v) is 16.9. The number of imidazole rings is 1. The van der Waals surface area contributed by atoms with Crippen LogP contribution in [0.5, 0.6) is 5.75 Å². The van der Waals surface area contributed by atoms with Gasteiger partial charge in [0.05, 0.1) is 11.0 Å². The summed E-state index contributed by atoms with van der Waals surface area (Å²) in [5.41, 5.74) is 3.76. The van der Waals surface area contributed by atoms with Gasteiger partial charge in [-0.3, -0.25) is 4.57 Å². The van der Waals surface area contributed by atoms with Gasteiger partial charge in [0.2, 0.25) is 0 Å². The van der Waals surface area contributed by atoms with Crippen LogP contribution in [0, 0.1) is 0 Å². The van der Waals surface area contributed by atoms with Crippen LogP contribution in [-0.2, 0) is 4.79 Å². The maximum atomic E-state index is 11.6. The van der Waals surface area contributed by atoms with Crippen LogP contribution in [0.25, 0.3) is 28.1 Å². The normalized spacial score (nSPS) is 12.2. The lowest BCUT2D eigenvalue weighted by Crippen LogP contribution is -2.26. The van der Waals surface area contributed by atoms with Crippen molar-refractivity contribution in [2.75, 3.05) is 0 Å². The lowest BCUT2D eigenvalue weighted by Gasteiger charge is -2.15. The van der Waals surface area contributed by atoms with Crippen molar-refractivity contribution >= 4 is 28.3 Å². The highest BCUT2D eigenvalue weighted by atomic mass is 32.1. The third-order valence-electron chi connectivity index (χ3n) is 4.79. The fourth-order valence-electron chi connectivity index (χ4n) is 3.34. The number of nitrogens with zero attached hydrogens (tertiary/aromatic N) is 2. The first kappa shape index (κ1) is 19.2. The van der Waals surface area contributed by atoms with E-state index in [-0.39, 0.29) is 0 Å². The molecule has 2 heterocycles. The molecule has 0 aliphatic heterocycles. The molecule has 0 saturated carbocycles. The van der Waals surface area contributed by atoms with E-state index in [0.717, 1.165) is 41.0 Å². The Bertz CT molecular complexity index is 1100. The van der Waals surface area contributed by atoms with Crippen molar-refractivity contribution in [3.05, 3.63) is 65.4 Å². The number of unbranched alkanes of at least 4 members (excludes halogenated alkanes) is 1. The molecule has 6 heteroatoms. The van der Waals surface area contributed by atoms with Gasteiger partial charge in [0.15, 0.2) is 6.10 Å². The van der Waals surface area contributed by atoms with Gasteiger partial charge in [0.1, 0.15) is 11.6 Å². The Labute approximate surface area is 173 Å². The van der Waals surface area contributed by atoms with Gasteiger partial charge >= 0.3 is 5.97 Å². The Morgan fingerprint density at radius 2 is 2.03 bits per heavy atom. The summed E-state index contributed by atoms with van der Waals surface area (Å²) < 4.78 is 7.93. The average Bonchev–Trinajstić information content (AvgIpc) is 3.39. The van der Waals surface area contributed by atoms with Gasteiger partial charge in [-0.15, -0.1) is 0 Å². The molecule has 0 fully saturated rings. The van der Waals surface area contributed by atoms with Crippen LogP contribution >= 0.6 is 11.3 Å². The standard InChI is InChI=1S/C23H22N2O3S/c1-2-3-9-21(23(26)27)28-18-10-11-19-20(14-18)25(17-7-5-4-6-8-17)22(24-19)16-12-13-29-15-16/h4-8,10-15,21H,2-3,9H2,1H3,(H,26,27).